The molecular formula is C20H19N3O4. The molecule has 2 aliphatic heterocycles. The molecule has 2 aliphatic rings. The van der Waals surface area contributed by atoms with Crippen molar-refractivity contribution in [1.82, 2.24) is 10.2 Å². The number of likely N-dealkylation sites (N-methyl/N-ethyl adjacent to an activating group) is 1. The number of likely N-dealkylation sites (tertiary alicyclic amines) is 1. The Balaban J connectivity index is 1.49. The number of benzene rings is 2. The van der Waals surface area contributed by atoms with E-state index in [-0.39, 0.29) is 24.3 Å². The Bertz CT molecular complexity index is 923. The molecule has 0 aliphatic carbocycles. The molecule has 138 valence electrons. The number of rotatable bonds is 3. The lowest BCUT2D eigenvalue weighted by Crippen LogP contribution is -2.40. The zero-order valence-electron chi connectivity index (χ0n) is 14.8. The lowest BCUT2D eigenvalue weighted by atomic mass is 10.0. The van der Waals surface area contributed by atoms with Crippen LogP contribution in [0.3, 0.4) is 0 Å². The minimum Gasteiger partial charge on any atom is -0.482 e. The molecule has 1 fully saturated rings. The molecule has 0 bridgehead atoms. The molecular weight excluding hydrogens is 346 g/mol. The second kappa shape index (κ2) is 6.75. The summed E-state index contributed by atoms with van der Waals surface area (Å²) in [4.78, 5) is 37.4. The molecule has 0 spiro atoms. The van der Waals surface area contributed by atoms with E-state index in [1.807, 2.05) is 30.3 Å². The van der Waals surface area contributed by atoms with E-state index in [2.05, 4.69) is 10.6 Å². The van der Waals surface area contributed by atoms with Crippen molar-refractivity contribution in [2.24, 2.45) is 0 Å². The van der Waals surface area contributed by atoms with Crippen molar-refractivity contribution in [2.45, 2.75) is 12.5 Å². The van der Waals surface area contributed by atoms with Crippen LogP contribution < -0.4 is 15.4 Å². The average molecular weight is 365 g/mol. The quantitative estimate of drug-likeness (QED) is 0.866. The van der Waals surface area contributed by atoms with Crippen LogP contribution >= 0.6 is 0 Å². The van der Waals surface area contributed by atoms with E-state index < -0.39 is 6.04 Å². The number of carbonyl (C=O) groups is 3. The number of hydrogen-bond donors (Lipinski definition) is 2. The maximum absolute atomic E-state index is 12.4. The second-order valence-electron chi connectivity index (χ2n) is 6.70. The summed E-state index contributed by atoms with van der Waals surface area (Å²) in [6.45, 7) is 0.677. The first kappa shape index (κ1) is 17.1. The molecule has 2 heterocycles. The number of ether oxygens (including phenoxy) is 1. The molecule has 7 heteroatoms. The minimum atomic E-state index is -0.452. The van der Waals surface area contributed by atoms with Crippen LogP contribution in [0.25, 0.3) is 11.1 Å². The van der Waals surface area contributed by atoms with E-state index in [1.54, 1.807) is 24.1 Å². The van der Waals surface area contributed by atoms with Gasteiger partial charge in [0.1, 0.15) is 11.8 Å². The van der Waals surface area contributed by atoms with Gasteiger partial charge >= 0.3 is 0 Å². The number of nitrogens with zero attached hydrogens (tertiary/aromatic N) is 1. The summed E-state index contributed by atoms with van der Waals surface area (Å²) in [6.07, 6.45) is 0.627. The third-order valence-corrected chi connectivity index (χ3v) is 4.83. The van der Waals surface area contributed by atoms with Crippen molar-refractivity contribution >= 4 is 23.4 Å². The predicted octanol–water partition coefficient (Wildman–Crippen LogP) is 1.64. The van der Waals surface area contributed by atoms with Crippen LogP contribution in [0, 0.1) is 0 Å². The fourth-order valence-electron chi connectivity index (χ4n) is 3.27. The van der Waals surface area contributed by atoms with Crippen LogP contribution in [0.2, 0.25) is 0 Å². The van der Waals surface area contributed by atoms with Crippen LogP contribution in [-0.2, 0) is 9.59 Å². The van der Waals surface area contributed by atoms with Gasteiger partial charge in [-0.1, -0.05) is 18.2 Å². The zero-order chi connectivity index (χ0) is 19.0. The van der Waals surface area contributed by atoms with Crippen LogP contribution in [0.15, 0.2) is 42.5 Å². The summed E-state index contributed by atoms with van der Waals surface area (Å²) in [5.74, 6) is 0.138. The molecule has 1 saturated heterocycles. The molecule has 0 radical (unpaired) electrons. The fraction of sp³-hybridized carbons (Fsp3) is 0.250. The Morgan fingerprint density at radius 1 is 1.15 bits per heavy atom. The van der Waals surface area contributed by atoms with Gasteiger partial charge in [0, 0.05) is 19.2 Å². The molecule has 3 amide bonds. The Labute approximate surface area is 156 Å². The number of amides is 3. The third-order valence-electron chi connectivity index (χ3n) is 4.83. The number of nitrogens with one attached hydrogen (secondary N) is 2. The standard InChI is InChI=1S/C20H19N3O4/c1-23-9-8-15(20(23)26)22-19(25)13-4-2-12(3-5-13)14-6-7-17-16(10-14)21-18(24)11-27-17/h2-7,10,15H,8-9,11H2,1H3,(H,21,24)(H,22,25)/t15-/m1/s1. The number of anilines is 1. The van der Waals surface area contributed by atoms with E-state index in [4.69, 9.17) is 4.74 Å². The van der Waals surface area contributed by atoms with Gasteiger partial charge in [-0.25, -0.2) is 0 Å². The molecule has 27 heavy (non-hydrogen) atoms. The van der Waals surface area contributed by atoms with Gasteiger partial charge in [-0.3, -0.25) is 14.4 Å². The maximum Gasteiger partial charge on any atom is 0.262 e. The molecule has 0 aromatic heterocycles. The van der Waals surface area contributed by atoms with Gasteiger partial charge in [0.25, 0.3) is 11.8 Å². The van der Waals surface area contributed by atoms with E-state index in [0.717, 1.165) is 11.1 Å². The molecule has 2 N–H and O–H groups in total. The molecule has 0 unspecified atom stereocenters. The number of carbonyl (C=O) groups excluding carboxylic acids is 3. The Morgan fingerprint density at radius 2 is 1.89 bits per heavy atom. The lowest BCUT2D eigenvalue weighted by molar-refractivity contribution is -0.128. The van der Waals surface area contributed by atoms with Gasteiger partial charge in [-0.15, -0.1) is 0 Å². The Hall–Kier alpha value is -3.35. The lowest BCUT2D eigenvalue weighted by Gasteiger charge is -2.18. The van der Waals surface area contributed by atoms with Crippen molar-refractivity contribution in [3.63, 3.8) is 0 Å². The van der Waals surface area contributed by atoms with Gasteiger partial charge in [-0.2, -0.15) is 0 Å². The van der Waals surface area contributed by atoms with Crippen molar-refractivity contribution < 1.29 is 19.1 Å². The van der Waals surface area contributed by atoms with Gasteiger partial charge in [-0.05, 0) is 41.8 Å². The summed E-state index contributed by atoms with van der Waals surface area (Å²) < 4.78 is 5.36. The van der Waals surface area contributed by atoms with E-state index in [0.29, 0.717) is 30.0 Å². The van der Waals surface area contributed by atoms with Gasteiger partial charge in [0.05, 0.1) is 5.69 Å². The molecule has 4 rings (SSSR count). The largest absolute Gasteiger partial charge is 0.482 e. The van der Waals surface area contributed by atoms with Crippen molar-refractivity contribution in [3.8, 4) is 16.9 Å². The van der Waals surface area contributed by atoms with Crippen molar-refractivity contribution in [3.05, 3.63) is 48.0 Å². The molecule has 7 nitrogen and oxygen atoms in total. The zero-order valence-corrected chi connectivity index (χ0v) is 14.8. The number of fused-ring (bicyclic) bond motifs is 1. The first-order valence-corrected chi connectivity index (χ1v) is 8.74. The highest BCUT2D eigenvalue weighted by Gasteiger charge is 2.30. The van der Waals surface area contributed by atoms with Crippen LogP contribution in [-0.4, -0.2) is 48.9 Å². The van der Waals surface area contributed by atoms with Crippen LogP contribution in [0.5, 0.6) is 5.75 Å². The highest BCUT2D eigenvalue weighted by atomic mass is 16.5. The predicted molar refractivity (Wildman–Crippen MR) is 99.5 cm³/mol. The summed E-state index contributed by atoms with van der Waals surface area (Å²) in [5.41, 5.74) is 2.94. The Kier molecular flexibility index (Phi) is 4.27. The van der Waals surface area contributed by atoms with Gasteiger partial charge in [0.2, 0.25) is 5.91 Å². The Morgan fingerprint density at radius 3 is 2.59 bits per heavy atom. The van der Waals surface area contributed by atoms with Gasteiger partial charge < -0.3 is 20.3 Å². The highest BCUT2D eigenvalue weighted by Crippen LogP contribution is 2.32. The van der Waals surface area contributed by atoms with E-state index in [9.17, 15) is 14.4 Å². The van der Waals surface area contributed by atoms with Crippen molar-refractivity contribution in [2.75, 3.05) is 25.5 Å². The highest BCUT2D eigenvalue weighted by molar-refractivity contribution is 5.99. The van der Waals surface area contributed by atoms with E-state index >= 15 is 0 Å². The van der Waals surface area contributed by atoms with Crippen molar-refractivity contribution in [1.29, 1.82) is 0 Å². The normalized spacial score (nSPS) is 18.6. The van der Waals surface area contributed by atoms with Gasteiger partial charge in [0.15, 0.2) is 6.61 Å². The SMILES string of the molecule is CN1CC[C@@H](NC(=O)c2ccc(-c3ccc4c(c3)NC(=O)CO4)cc2)C1=O. The second-order valence-corrected chi connectivity index (χ2v) is 6.70. The molecule has 2 aromatic carbocycles. The summed E-state index contributed by atoms with van der Waals surface area (Å²) in [7, 11) is 1.73. The summed E-state index contributed by atoms with van der Waals surface area (Å²) in [6, 6.07) is 12.2. The summed E-state index contributed by atoms with van der Waals surface area (Å²) >= 11 is 0. The molecule has 0 saturated carbocycles. The number of hydrogen-bond acceptors (Lipinski definition) is 4. The third kappa shape index (κ3) is 3.36. The van der Waals surface area contributed by atoms with E-state index in [1.165, 1.54) is 0 Å². The first-order valence-electron chi connectivity index (χ1n) is 8.74. The molecule has 2 aromatic rings. The topological polar surface area (TPSA) is 87.7 Å². The first-order chi connectivity index (χ1) is 13.0. The van der Waals surface area contributed by atoms with Crippen LogP contribution in [0.4, 0.5) is 5.69 Å². The molecule has 1 atom stereocenters. The summed E-state index contributed by atoms with van der Waals surface area (Å²) in [5, 5.41) is 5.57. The monoisotopic (exact) mass is 365 g/mol. The van der Waals surface area contributed by atoms with Crippen LogP contribution in [0.1, 0.15) is 16.8 Å². The average Bonchev–Trinajstić information content (AvgIpc) is 2.99. The smallest absolute Gasteiger partial charge is 0.262 e. The maximum atomic E-state index is 12.4. The fourth-order valence-corrected chi connectivity index (χ4v) is 3.27. The minimum absolute atomic E-state index is 0.0233.